The zero-order chi connectivity index (χ0) is 13.8. The van der Waals surface area contributed by atoms with Crippen LogP contribution >= 0.6 is 0 Å². The van der Waals surface area contributed by atoms with Gasteiger partial charge in [-0.05, 0) is 25.0 Å². The Morgan fingerprint density at radius 1 is 1.58 bits per heavy atom. The fourth-order valence-corrected chi connectivity index (χ4v) is 2.59. The minimum atomic E-state index is 0.153. The van der Waals surface area contributed by atoms with Crippen LogP contribution in [0.1, 0.15) is 24.5 Å². The molecule has 0 aromatic heterocycles. The molecule has 1 heterocycles. The number of benzene rings is 1. The fraction of sp³-hybridized carbons (Fsp3) is 0.500. The molecular formula is C14H21N3O2. The van der Waals surface area contributed by atoms with E-state index in [1.165, 1.54) is 0 Å². The second-order valence-electron chi connectivity index (χ2n) is 4.79. The number of rotatable bonds is 3. The summed E-state index contributed by atoms with van der Waals surface area (Å²) in [6, 6.07) is 6.19. The van der Waals surface area contributed by atoms with Crippen LogP contribution in [0.4, 0.5) is 5.69 Å². The zero-order valence-electron chi connectivity index (χ0n) is 11.5. The van der Waals surface area contributed by atoms with Crippen LogP contribution in [0.5, 0.6) is 0 Å². The van der Waals surface area contributed by atoms with Gasteiger partial charge >= 0.3 is 0 Å². The number of hydrogen-bond donors (Lipinski definition) is 2. The van der Waals surface area contributed by atoms with E-state index in [0.717, 1.165) is 36.4 Å². The number of aryl methyl sites for hydroxylation is 1. The van der Waals surface area contributed by atoms with Gasteiger partial charge in [-0.15, -0.1) is 0 Å². The average Bonchev–Trinajstić information content (AvgIpc) is 2.46. The van der Waals surface area contributed by atoms with Gasteiger partial charge in [0.25, 0.3) is 0 Å². The minimum absolute atomic E-state index is 0.153. The molecule has 1 saturated heterocycles. The monoisotopic (exact) mass is 263 g/mol. The van der Waals surface area contributed by atoms with E-state index in [9.17, 15) is 0 Å². The molecule has 1 atom stereocenters. The molecule has 1 aliphatic rings. The summed E-state index contributed by atoms with van der Waals surface area (Å²) in [4.78, 5) is 2.31. The molecule has 1 aromatic rings. The van der Waals surface area contributed by atoms with Crippen molar-refractivity contribution < 1.29 is 9.94 Å². The maximum absolute atomic E-state index is 8.94. The van der Waals surface area contributed by atoms with Crippen LogP contribution in [0.2, 0.25) is 0 Å². The van der Waals surface area contributed by atoms with Crippen LogP contribution in [0.15, 0.2) is 23.4 Å². The minimum Gasteiger partial charge on any atom is -0.409 e. The molecular weight excluding hydrogens is 242 g/mol. The first-order chi connectivity index (χ1) is 9.19. The standard InChI is InChI=1S/C14H21N3O2/c1-3-11-9-19-8-7-17(11)13-10(2)5-4-6-12(13)14(15)16-18/h4-6,11,18H,3,7-9H2,1-2H3,(H2,15,16). The van der Waals surface area contributed by atoms with Gasteiger partial charge in [0, 0.05) is 12.1 Å². The molecule has 0 amide bonds. The maximum atomic E-state index is 8.94. The molecule has 0 bridgehead atoms. The van der Waals surface area contributed by atoms with Crippen molar-refractivity contribution in [1.29, 1.82) is 0 Å². The second-order valence-corrected chi connectivity index (χ2v) is 4.79. The number of nitrogens with zero attached hydrogens (tertiary/aromatic N) is 2. The smallest absolute Gasteiger partial charge is 0.172 e. The molecule has 0 saturated carbocycles. The van der Waals surface area contributed by atoms with Crippen molar-refractivity contribution in [2.75, 3.05) is 24.7 Å². The van der Waals surface area contributed by atoms with Gasteiger partial charge in [-0.1, -0.05) is 24.2 Å². The molecule has 1 aromatic carbocycles. The van der Waals surface area contributed by atoms with Crippen molar-refractivity contribution in [3.63, 3.8) is 0 Å². The van der Waals surface area contributed by atoms with E-state index in [4.69, 9.17) is 15.7 Å². The Hall–Kier alpha value is -1.75. The van der Waals surface area contributed by atoms with Gasteiger partial charge in [0.05, 0.1) is 24.9 Å². The number of ether oxygens (including phenoxy) is 1. The first kappa shape index (κ1) is 13.7. The quantitative estimate of drug-likeness (QED) is 0.377. The van der Waals surface area contributed by atoms with Crippen LogP contribution in [-0.4, -0.2) is 36.8 Å². The molecule has 1 fully saturated rings. The molecule has 5 heteroatoms. The molecule has 3 N–H and O–H groups in total. The number of anilines is 1. The van der Waals surface area contributed by atoms with Crippen LogP contribution < -0.4 is 10.6 Å². The Balaban J connectivity index is 2.47. The van der Waals surface area contributed by atoms with Gasteiger partial charge in [-0.25, -0.2) is 0 Å². The number of morpholine rings is 1. The summed E-state index contributed by atoms with van der Waals surface area (Å²) in [5.74, 6) is 0.153. The molecule has 104 valence electrons. The molecule has 0 radical (unpaired) electrons. The van der Waals surface area contributed by atoms with Gasteiger partial charge in [0.15, 0.2) is 5.84 Å². The van der Waals surface area contributed by atoms with E-state index in [1.54, 1.807) is 0 Å². The number of oxime groups is 1. The number of amidine groups is 1. The van der Waals surface area contributed by atoms with Crippen LogP contribution in [0.3, 0.4) is 0 Å². The third-order valence-corrected chi connectivity index (χ3v) is 3.61. The highest BCUT2D eigenvalue weighted by atomic mass is 16.5. The summed E-state index contributed by atoms with van der Waals surface area (Å²) in [7, 11) is 0. The van der Waals surface area contributed by atoms with Crippen molar-refractivity contribution in [3.8, 4) is 0 Å². The average molecular weight is 263 g/mol. The van der Waals surface area contributed by atoms with Gasteiger partial charge in [0.1, 0.15) is 0 Å². The van der Waals surface area contributed by atoms with Crippen LogP contribution in [0, 0.1) is 6.92 Å². The Morgan fingerprint density at radius 3 is 3.05 bits per heavy atom. The highest BCUT2D eigenvalue weighted by Crippen LogP contribution is 2.29. The van der Waals surface area contributed by atoms with Crippen molar-refractivity contribution in [2.24, 2.45) is 10.9 Å². The summed E-state index contributed by atoms with van der Waals surface area (Å²) in [6.07, 6.45) is 1.00. The molecule has 0 spiro atoms. The highest BCUT2D eigenvalue weighted by Gasteiger charge is 2.25. The number of nitrogens with two attached hydrogens (primary N) is 1. The summed E-state index contributed by atoms with van der Waals surface area (Å²) < 4.78 is 5.54. The molecule has 2 rings (SSSR count). The van der Waals surface area contributed by atoms with Gasteiger partial charge in [0.2, 0.25) is 0 Å². The van der Waals surface area contributed by atoms with E-state index in [2.05, 4.69) is 17.0 Å². The number of hydrogen-bond acceptors (Lipinski definition) is 4. The van der Waals surface area contributed by atoms with Crippen molar-refractivity contribution in [2.45, 2.75) is 26.3 Å². The molecule has 5 nitrogen and oxygen atoms in total. The predicted octanol–water partition coefficient (Wildman–Crippen LogP) is 1.70. The third kappa shape index (κ3) is 2.66. The largest absolute Gasteiger partial charge is 0.409 e. The van der Waals surface area contributed by atoms with E-state index < -0.39 is 0 Å². The Morgan fingerprint density at radius 2 is 2.37 bits per heavy atom. The molecule has 19 heavy (non-hydrogen) atoms. The highest BCUT2D eigenvalue weighted by molar-refractivity contribution is 6.02. The second kappa shape index (κ2) is 5.93. The van der Waals surface area contributed by atoms with Crippen molar-refractivity contribution in [3.05, 3.63) is 29.3 Å². The first-order valence-electron chi connectivity index (χ1n) is 6.61. The van der Waals surface area contributed by atoms with Crippen molar-refractivity contribution in [1.82, 2.24) is 0 Å². The Kier molecular flexibility index (Phi) is 4.27. The summed E-state index contributed by atoms with van der Waals surface area (Å²) >= 11 is 0. The van der Waals surface area contributed by atoms with Crippen LogP contribution in [-0.2, 0) is 4.74 Å². The fourth-order valence-electron chi connectivity index (χ4n) is 2.59. The lowest BCUT2D eigenvalue weighted by Crippen LogP contribution is -2.46. The van der Waals surface area contributed by atoms with Crippen molar-refractivity contribution >= 4 is 11.5 Å². The van der Waals surface area contributed by atoms with E-state index in [-0.39, 0.29) is 5.84 Å². The normalized spacial score (nSPS) is 20.6. The van der Waals surface area contributed by atoms with E-state index in [1.807, 2.05) is 25.1 Å². The van der Waals surface area contributed by atoms with Gasteiger partial charge in [-0.2, -0.15) is 0 Å². The van der Waals surface area contributed by atoms with Gasteiger partial charge in [-0.3, -0.25) is 0 Å². The predicted molar refractivity (Wildman–Crippen MR) is 75.9 cm³/mol. The lowest BCUT2D eigenvalue weighted by atomic mass is 10.0. The lowest BCUT2D eigenvalue weighted by Gasteiger charge is -2.38. The third-order valence-electron chi connectivity index (χ3n) is 3.61. The molecule has 1 aliphatic heterocycles. The molecule has 0 aliphatic carbocycles. The Bertz CT molecular complexity index is 474. The topological polar surface area (TPSA) is 71.1 Å². The summed E-state index contributed by atoms with van der Waals surface area (Å²) in [5, 5.41) is 12.1. The maximum Gasteiger partial charge on any atom is 0.172 e. The number of para-hydroxylation sites is 1. The van der Waals surface area contributed by atoms with E-state index >= 15 is 0 Å². The summed E-state index contributed by atoms with van der Waals surface area (Å²) in [5.41, 5.74) is 8.76. The van der Waals surface area contributed by atoms with Crippen LogP contribution in [0.25, 0.3) is 0 Å². The zero-order valence-corrected chi connectivity index (χ0v) is 11.5. The summed E-state index contributed by atoms with van der Waals surface area (Å²) in [6.45, 7) is 6.45. The lowest BCUT2D eigenvalue weighted by molar-refractivity contribution is 0.0929. The first-order valence-corrected chi connectivity index (χ1v) is 6.61. The van der Waals surface area contributed by atoms with E-state index in [0.29, 0.717) is 12.6 Å². The molecule has 1 unspecified atom stereocenters. The Labute approximate surface area is 113 Å². The van der Waals surface area contributed by atoms with Gasteiger partial charge < -0.3 is 20.6 Å². The SMILES string of the molecule is CCC1COCCN1c1c(C)cccc1/C(N)=N/O.